The number of aromatic nitrogens is 2. The molecule has 0 aliphatic carbocycles. The molecule has 2 rings (SSSR count). The first-order valence-electron chi connectivity index (χ1n) is 6.14. The van der Waals surface area contributed by atoms with Crippen LogP contribution in [0.3, 0.4) is 0 Å². The zero-order valence-corrected chi connectivity index (χ0v) is 11.1. The van der Waals surface area contributed by atoms with Gasteiger partial charge in [-0.1, -0.05) is 24.0 Å². The van der Waals surface area contributed by atoms with Gasteiger partial charge in [-0.3, -0.25) is 4.79 Å². The minimum absolute atomic E-state index is 0.151. The maximum atomic E-state index is 11.8. The minimum atomic E-state index is -0.199. The van der Waals surface area contributed by atoms with Crippen LogP contribution >= 0.6 is 0 Å². The molecule has 0 fully saturated rings. The van der Waals surface area contributed by atoms with E-state index in [4.69, 9.17) is 5.11 Å². The molecule has 0 bridgehead atoms. The van der Waals surface area contributed by atoms with Gasteiger partial charge in [0.2, 0.25) is 0 Å². The van der Waals surface area contributed by atoms with Crippen molar-refractivity contribution in [2.75, 3.05) is 6.61 Å². The van der Waals surface area contributed by atoms with E-state index in [1.165, 1.54) is 0 Å². The van der Waals surface area contributed by atoms with Gasteiger partial charge in [-0.05, 0) is 17.7 Å². The Balaban J connectivity index is 1.92. The van der Waals surface area contributed by atoms with E-state index in [0.717, 1.165) is 11.1 Å². The predicted molar refractivity (Wildman–Crippen MR) is 74.8 cm³/mol. The van der Waals surface area contributed by atoms with E-state index in [2.05, 4.69) is 22.1 Å². The third kappa shape index (κ3) is 3.70. The number of aliphatic hydroxyl groups excluding tert-OH is 1. The highest BCUT2D eigenvalue weighted by atomic mass is 16.2. The van der Waals surface area contributed by atoms with Crippen molar-refractivity contribution in [2.45, 2.75) is 6.54 Å². The fourth-order valence-electron chi connectivity index (χ4n) is 1.65. The van der Waals surface area contributed by atoms with Gasteiger partial charge in [0.05, 0.1) is 6.33 Å². The van der Waals surface area contributed by atoms with Gasteiger partial charge < -0.3 is 15.0 Å². The third-order valence-electron chi connectivity index (χ3n) is 2.66. The van der Waals surface area contributed by atoms with Crippen LogP contribution in [0.2, 0.25) is 0 Å². The number of rotatable bonds is 3. The van der Waals surface area contributed by atoms with Gasteiger partial charge in [-0.2, -0.15) is 0 Å². The van der Waals surface area contributed by atoms with Crippen LogP contribution in [0.5, 0.6) is 0 Å². The number of benzene rings is 1. The molecule has 5 nitrogen and oxygen atoms in total. The second-order valence-electron chi connectivity index (χ2n) is 4.26. The Hall–Kier alpha value is -2.58. The summed E-state index contributed by atoms with van der Waals surface area (Å²) < 4.78 is 1.73. The Kier molecular flexibility index (Phi) is 4.53. The SMILES string of the molecule is Cn1cnc(C(=O)NCc2ccc(C#CCO)cc2)c1. The van der Waals surface area contributed by atoms with Crippen molar-refractivity contribution < 1.29 is 9.90 Å². The van der Waals surface area contributed by atoms with E-state index in [9.17, 15) is 4.79 Å². The molecule has 0 unspecified atom stereocenters. The summed E-state index contributed by atoms with van der Waals surface area (Å²) in [6, 6.07) is 7.48. The Morgan fingerprint density at radius 3 is 2.75 bits per heavy atom. The van der Waals surface area contributed by atoms with E-state index in [-0.39, 0.29) is 12.5 Å². The molecule has 0 atom stereocenters. The monoisotopic (exact) mass is 269 g/mol. The number of aryl methyl sites for hydroxylation is 1. The average molecular weight is 269 g/mol. The fourth-order valence-corrected chi connectivity index (χ4v) is 1.65. The second-order valence-corrected chi connectivity index (χ2v) is 4.26. The van der Waals surface area contributed by atoms with Gasteiger partial charge in [0, 0.05) is 25.4 Å². The summed E-state index contributed by atoms with van der Waals surface area (Å²) >= 11 is 0. The van der Waals surface area contributed by atoms with Crippen molar-refractivity contribution in [3.05, 3.63) is 53.6 Å². The van der Waals surface area contributed by atoms with Crippen LogP contribution < -0.4 is 5.32 Å². The van der Waals surface area contributed by atoms with Crippen molar-refractivity contribution in [3.8, 4) is 11.8 Å². The Morgan fingerprint density at radius 1 is 1.40 bits per heavy atom. The topological polar surface area (TPSA) is 67.2 Å². The predicted octanol–water partition coefficient (Wildman–Crippen LogP) is 0.694. The molecule has 1 aromatic carbocycles. The van der Waals surface area contributed by atoms with Crippen LogP contribution in [0, 0.1) is 11.8 Å². The van der Waals surface area contributed by atoms with Gasteiger partial charge in [-0.15, -0.1) is 0 Å². The summed E-state index contributed by atoms with van der Waals surface area (Å²) in [5.41, 5.74) is 2.21. The van der Waals surface area contributed by atoms with Gasteiger partial charge in [0.1, 0.15) is 12.3 Å². The van der Waals surface area contributed by atoms with E-state index in [1.54, 1.807) is 17.1 Å². The number of aliphatic hydroxyl groups is 1. The minimum Gasteiger partial charge on any atom is -0.384 e. The molecule has 102 valence electrons. The smallest absolute Gasteiger partial charge is 0.271 e. The maximum Gasteiger partial charge on any atom is 0.271 e. The highest BCUT2D eigenvalue weighted by Gasteiger charge is 2.07. The van der Waals surface area contributed by atoms with E-state index in [1.807, 2.05) is 31.3 Å². The van der Waals surface area contributed by atoms with Gasteiger partial charge in [0.25, 0.3) is 5.91 Å². The summed E-state index contributed by atoms with van der Waals surface area (Å²) in [6.07, 6.45) is 3.26. The third-order valence-corrected chi connectivity index (χ3v) is 2.66. The highest BCUT2D eigenvalue weighted by Crippen LogP contribution is 2.03. The molecule has 20 heavy (non-hydrogen) atoms. The Labute approximate surface area is 117 Å². The molecule has 5 heteroatoms. The Bertz CT molecular complexity index is 648. The van der Waals surface area contributed by atoms with Crippen molar-refractivity contribution >= 4 is 5.91 Å². The first kappa shape index (κ1) is 13.8. The number of hydrogen-bond acceptors (Lipinski definition) is 3. The lowest BCUT2D eigenvalue weighted by Gasteiger charge is -2.03. The van der Waals surface area contributed by atoms with Crippen LogP contribution in [0.25, 0.3) is 0 Å². The molecule has 0 aliphatic heterocycles. The van der Waals surface area contributed by atoms with Crippen molar-refractivity contribution in [1.82, 2.24) is 14.9 Å². The van der Waals surface area contributed by atoms with Crippen LogP contribution in [-0.2, 0) is 13.6 Å². The molecule has 0 radical (unpaired) electrons. The second kappa shape index (κ2) is 6.55. The summed E-state index contributed by atoms with van der Waals surface area (Å²) in [5, 5.41) is 11.4. The first-order chi connectivity index (χ1) is 9.69. The number of hydrogen-bond donors (Lipinski definition) is 2. The first-order valence-corrected chi connectivity index (χ1v) is 6.14. The fraction of sp³-hybridized carbons (Fsp3) is 0.200. The van der Waals surface area contributed by atoms with Crippen LogP contribution in [-0.4, -0.2) is 27.2 Å². The number of amides is 1. The molecule has 1 heterocycles. The molecular weight excluding hydrogens is 254 g/mol. The van der Waals surface area contributed by atoms with Gasteiger partial charge in [-0.25, -0.2) is 4.98 Å². The van der Waals surface area contributed by atoms with Crippen molar-refractivity contribution in [2.24, 2.45) is 7.05 Å². The molecule has 0 spiro atoms. The molecular formula is C15H15N3O2. The van der Waals surface area contributed by atoms with Gasteiger partial charge in [0.15, 0.2) is 0 Å². The zero-order chi connectivity index (χ0) is 14.4. The zero-order valence-electron chi connectivity index (χ0n) is 11.1. The van der Waals surface area contributed by atoms with Crippen molar-refractivity contribution in [3.63, 3.8) is 0 Å². The standard InChI is InChI=1S/C15H15N3O2/c1-18-10-14(17-11-18)15(20)16-9-13-6-4-12(5-7-13)3-2-8-19/h4-7,10-11,19H,8-9H2,1H3,(H,16,20). The highest BCUT2D eigenvalue weighted by molar-refractivity contribution is 5.91. The number of carbonyl (C=O) groups is 1. The molecule has 2 N–H and O–H groups in total. The lowest BCUT2D eigenvalue weighted by molar-refractivity contribution is 0.0946. The number of nitrogens with zero attached hydrogens (tertiary/aromatic N) is 2. The Morgan fingerprint density at radius 2 is 2.15 bits per heavy atom. The van der Waals surface area contributed by atoms with Crippen LogP contribution in [0.4, 0.5) is 0 Å². The number of carbonyl (C=O) groups excluding carboxylic acids is 1. The summed E-state index contributed by atoms with van der Waals surface area (Å²) in [5.74, 6) is 5.20. The lowest BCUT2D eigenvalue weighted by atomic mass is 10.1. The molecule has 0 aliphatic rings. The van der Waals surface area contributed by atoms with E-state index in [0.29, 0.717) is 12.2 Å². The van der Waals surface area contributed by atoms with Crippen molar-refractivity contribution in [1.29, 1.82) is 0 Å². The average Bonchev–Trinajstić information content (AvgIpc) is 2.90. The molecule has 1 aromatic heterocycles. The van der Waals surface area contributed by atoms with Gasteiger partial charge >= 0.3 is 0 Å². The van der Waals surface area contributed by atoms with Crippen LogP contribution in [0.1, 0.15) is 21.6 Å². The quantitative estimate of drug-likeness (QED) is 0.806. The van der Waals surface area contributed by atoms with Crippen LogP contribution in [0.15, 0.2) is 36.8 Å². The maximum absolute atomic E-state index is 11.8. The van der Waals surface area contributed by atoms with E-state index < -0.39 is 0 Å². The largest absolute Gasteiger partial charge is 0.384 e. The summed E-state index contributed by atoms with van der Waals surface area (Å²) in [7, 11) is 1.82. The number of imidazole rings is 1. The molecule has 1 amide bonds. The van der Waals surface area contributed by atoms with E-state index >= 15 is 0 Å². The molecule has 0 saturated carbocycles. The number of nitrogens with one attached hydrogen (secondary N) is 1. The summed E-state index contributed by atoms with van der Waals surface area (Å²) in [6.45, 7) is 0.283. The summed E-state index contributed by atoms with van der Waals surface area (Å²) in [4.78, 5) is 15.8. The molecule has 2 aromatic rings. The molecule has 0 saturated heterocycles. The lowest BCUT2D eigenvalue weighted by Crippen LogP contribution is -2.23. The normalized spacial score (nSPS) is 9.70.